The number of rotatable bonds is 3. The monoisotopic (exact) mass is 324 g/mol. The zero-order valence-corrected chi connectivity index (χ0v) is 11.9. The van der Waals surface area contributed by atoms with E-state index in [9.17, 15) is 18.0 Å². The van der Waals surface area contributed by atoms with E-state index >= 15 is 0 Å². The molecule has 0 atom stereocenters. The van der Waals surface area contributed by atoms with Gasteiger partial charge in [0.2, 0.25) is 5.91 Å². The molecule has 6 nitrogen and oxygen atoms in total. The number of pyridine rings is 1. The summed E-state index contributed by atoms with van der Waals surface area (Å²) in [6.07, 6.45) is -0.948. The molecule has 3 heterocycles. The van der Waals surface area contributed by atoms with Gasteiger partial charge in [-0.1, -0.05) is 6.07 Å². The Kier molecular flexibility index (Phi) is 3.55. The summed E-state index contributed by atoms with van der Waals surface area (Å²) in [7, 11) is 0. The smallest absolute Gasteiger partial charge is 0.431 e. The maximum Gasteiger partial charge on any atom is 0.436 e. The summed E-state index contributed by atoms with van der Waals surface area (Å²) in [6.45, 7) is 1.89. The molecular formula is C14H11F3N4O2. The van der Waals surface area contributed by atoms with Gasteiger partial charge in [0, 0.05) is 12.4 Å². The number of aromatic nitrogens is 3. The van der Waals surface area contributed by atoms with Crippen LogP contribution in [0.2, 0.25) is 0 Å². The van der Waals surface area contributed by atoms with Crippen molar-refractivity contribution in [3.63, 3.8) is 0 Å². The maximum atomic E-state index is 12.4. The molecule has 0 aromatic carbocycles. The molecule has 0 saturated carbocycles. The van der Waals surface area contributed by atoms with Crippen molar-refractivity contribution >= 4 is 17.6 Å². The van der Waals surface area contributed by atoms with Crippen LogP contribution < -0.4 is 5.32 Å². The molecule has 9 heteroatoms. The van der Waals surface area contributed by atoms with Gasteiger partial charge in [-0.25, -0.2) is 4.98 Å². The first-order valence-electron chi connectivity index (χ1n) is 6.59. The average molecular weight is 324 g/mol. The molecule has 3 aromatic rings. The lowest BCUT2D eigenvalue weighted by atomic mass is 10.3. The Morgan fingerprint density at radius 3 is 2.91 bits per heavy atom. The molecular weight excluding hydrogens is 313 g/mol. The van der Waals surface area contributed by atoms with E-state index in [2.05, 4.69) is 19.7 Å². The minimum absolute atomic E-state index is 0.0750. The van der Waals surface area contributed by atoms with Crippen molar-refractivity contribution in [2.24, 2.45) is 0 Å². The third kappa shape index (κ3) is 3.03. The second kappa shape index (κ2) is 5.41. The number of nitrogens with zero attached hydrogens (tertiary/aromatic N) is 3. The highest BCUT2D eigenvalue weighted by Gasteiger charge is 2.35. The highest BCUT2D eigenvalue weighted by Crippen LogP contribution is 2.29. The predicted octanol–water partition coefficient (Wildman–Crippen LogP) is 2.83. The fraction of sp³-hybridized carbons (Fsp3) is 0.214. The van der Waals surface area contributed by atoms with Gasteiger partial charge in [0.1, 0.15) is 11.9 Å². The lowest BCUT2D eigenvalue weighted by Gasteiger charge is -2.03. The van der Waals surface area contributed by atoms with Gasteiger partial charge in [-0.05, 0) is 18.6 Å². The highest BCUT2D eigenvalue weighted by atomic mass is 19.4. The van der Waals surface area contributed by atoms with Crippen LogP contribution in [-0.2, 0) is 17.4 Å². The molecule has 0 radical (unpaired) electrons. The van der Waals surface area contributed by atoms with Gasteiger partial charge in [0.05, 0.1) is 12.1 Å². The first-order valence-corrected chi connectivity index (χ1v) is 6.59. The van der Waals surface area contributed by atoms with Crippen molar-refractivity contribution in [3.8, 4) is 0 Å². The predicted molar refractivity (Wildman–Crippen MR) is 73.8 cm³/mol. The number of oxazole rings is 1. The lowest BCUT2D eigenvalue weighted by molar-refractivity contribution is -0.141. The van der Waals surface area contributed by atoms with E-state index in [4.69, 9.17) is 0 Å². The van der Waals surface area contributed by atoms with Crippen LogP contribution in [0.25, 0.3) is 5.65 Å². The van der Waals surface area contributed by atoms with Gasteiger partial charge in [-0.3, -0.25) is 10.1 Å². The Morgan fingerprint density at radius 2 is 2.22 bits per heavy atom. The molecule has 0 aliphatic heterocycles. The number of anilines is 1. The van der Waals surface area contributed by atoms with Gasteiger partial charge >= 0.3 is 12.2 Å². The van der Waals surface area contributed by atoms with Gasteiger partial charge < -0.3 is 8.82 Å². The number of imidazole rings is 1. The number of hydrogen-bond donors (Lipinski definition) is 1. The molecule has 3 rings (SSSR count). The largest absolute Gasteiger partial charge is 0.436 e. The summed E-state index contributed by atoms with van der Waals surface area (Å²) >= 11 is 0. The number of amides is 1. The second-order valence-electron chi connectivity index (χ2n) is 4.89. The fourth-order valence-corrected chi connectivity index (χ4v) is 2.12. The molecule has 120 valence electrons. The van der Waals surface area contributed by atoms with Crippen LogP contribution in [0.3, 0.4) is 0 Å². The molecule has 0 spiro atoms. The number of alkyl halides is 3. The van der Waals surface area contributed by atoms with Crippen LogP contribution in [0.1, 0.15) is 17.0 Å². The molecule has 0 saturated heterocycles. The van der Waals surface area contributed by atoms with E-state index in [0.717, 1.165) is 5.56 Å². The summed E-state index contributed by atoms with van der Waals surface area (Å²) in [5, 5.41) is 2.19. The zero-order valence-electron chi connectivity index (χ0n) is 11.9. The van der Waals surface area contributed by atoms with Crippen molar-refractivity contribution < 1.29 is 22.4 Å². The Morgan fingerprint density at radius 1 is 1.43 bits per heavy atom. The third-order valence-corrected chi connectivity index (χ3v) is 3.19. The summed E-state index contributed by atoms with van der Waals surface area (Å²) in [5.41, 5.74) is 1.06. The number of carbonyl (C=O) groups is 1. The number of halogens is 3. The van der Waals surface area contributed by atoms with Crippen molar-refractivity contribution in [1.82, 2.24) is 14.4 Å². The van der Waals surface area contributed by atoms with Crippen LogP contribution in [0.15, 0.2) is 35.2 Å². The van der Waals surface area contributed by atoms with Crippen LogP contribution in [0.4, 0.5) is 19.2 Å². The van der Waals surface area contributed by atoms with Crippen LogP contribution >= 0.6 is 0 Å². The second-order valence-corrected chi connectivity index (χ2v) is 4.89. The molecule has 1 amide bonds. The number of aryl methyl sites for hydroxylation is 1. The third-order valence-electron chi connectivity index (χ3n) is 3.19. The summed E-state index contributed by atoms with van der Waals surface area (Å²) < 4.78 is 43.6. The molecule has 0 fully saturated rings. The normalized spacial score (nSPS) is 11.8. The van der Waals surface area contributed by atoms with Crippen molar-refractivity contribution in [2.75, 3.05) is 5.32 Å². The number of hydrogen-bond acceptors (Lipinski definition) is 4. The van der Waals surface area contributed by atoms with Gasteiger partial charge in [-0.2, -0.15) is 18.2 Å². The average Bonchev–Trinajstić information content (AvgIpc) is 3.07. The summed E-state index contributed by atoms with van der Waals surface area (Å²) in [6, 6.07) is 3.21. The number of nitrogens with one attached hydrogen (secondary N) is 1. The Hall–Kier alpha value is -2.84. The molecule has 23 heavy (non-hydrogen) atoms. The molecule has 3 aromatic heterocycles. The lowest BCUT2D eigenvalue weighted by Crippen LogP contribution is -2.16. The maximum absolute atomic E-state index is 12.4. The summed E-state index contributed by atoms with van der Waals surface area (Å²) in [5.74, 6) is -0.552. The van der Waals surface area contributed by atoms with Gasteiger partial charge in [0.15, 0.2) is 5.69 Å². The fourth-order valence-electron chi connectivity index (χ4n) is 2.12. The van der Waals surface area contributed by atoms with Crippen LogP contribution in [0.5, 0.6) is 0 Å². The summed E-state index contributed by atoms with van der Waals surface area (Å²) in [4.78, 5) is 19.3. The Balaban J connectivity index is 1.74. The van der Waals surface area contributed by atoms with Crippen LogP contribution in [-0.4, -0.2) is 20.3 Å². The zero-order chi connectivity index (χ0) is 16.6. The Labute approximate surface area is 128 Å². The minimum Gasteiger partial charge on any atom is -0.431 e. The van der Waals surface area contributed by atoms with E-state index in [-0.39, 0.29) is 6.42 Å². The standard InChI is InChI=1S/C14H11F3N4O2/c1-8-3-2-4-21-9(6-18-12(8)21)5-11(22)20-13-19-10(7-23-13)14(15,16)17/h2-4,6-7H,5H2,1H3,(H,19,20,22). The van der Waals surface area contributed by atoms with Crippen molar-refractivity contribution in [1.29, 1.82) is 0 Å². The van der Waals surface area contributed by atoms with Crippen molar-refractivity contribution in [3.05, 3.63) is 47.7 Å². The van der Waals surface area contributed by atoms with Crippen LogP contribution in [0, 0.1) is 6.92 Å². The van der Waals surface area contributed by atoms with E-state index < -0.39 is 23.8 Å². The van der Waals surface area contributed by atoms with E-state index in [1.807, 2.05) is 19.1 Å². The SMILES string of the molecule is Cc1cccn2c(CC(=O)Nc3nc(C(F)(F)F)co3)cnc12. The number of carbonyl (C=O) groups excluding carboxylic acids is 1. The first kappa shape index (κ1) is 15.1. The topological polar surface area (TPSA) is 72.4 Å². The minimum atomic E-state index is -4.62. The van der Waals surface area contributed by atoms with E-state index in [1.54, 1.807) is 16.8 Å². The Bertz CT molecular complexity index is 866. The molecule has 0 aliphatic rings. The van der Waals surface area contributed by atoms with Gasteiger partial charge in [-0.15, -0.1) is 0 Å². The molecule has 0 aliphatic carbocycles. The van der Waals surface area contributed by atoms with E-state index in [0.29, 0.717) is 17.6 Å². The molecule has 0 bridgehead atoms. The van der Waals surface area contributed by atoms with Gasteiger partial charge in [0.25, 0.3) is 0 Å². The molecule has 1 N–H and O–H groups in total. The first-order chi connectivity index (χ1) is 10.8. The quantitative estimate of drug-likeness (QED) is 0.804. The molecule has 0 unspecified atom stereocenters. The number of fused-ring (bicyclic) bond motifs is 1. The van der Waals surface area contributed by atoms with E-state index in [1.165, 1.54) is 0 Å². The van der Waals surface area contributed by atoms with Crippen molar-refractivity contribution in [2.45, 2.75) is 19.5 Å². The highest BCUT2D eigenvalue weighted by molar-refractivity contribution is 5.90.